The summed E-state index contributed by atoms with van der Waals surface area (Å²) in [7, 11) is 0. The Bertz CT molecular complexity index is 395. The standard InChI is InChI=1S/C17H31N3O3/c1-3-16(21)19-9-11-20(12-10-19)17(22)18-8-13-23-15-7-5-4-6-14(15)2/h14-15H,3-13H2,1-2H3,(H,18,22)/t14-,15-/m1/s1. The van der Waals surface area contributed by atoms with Crippen LogP contribution in [-0.4, -0.2) is 67.2 Å². The summed E-state index contributed by atoms with van der Waals surface area (Å²) in [5.74, 6) is 0.795. The van der Waals surface area contributed by atoms with Gasteiger partial charge in [-0.3, -0.25) is 4.79 Å². The minimum Gasteiger partial charge on any atom is -0.376 e. The van der Waals surface area contributed by atoms with Crippen molar-refractivity contribution in [3.63, 3.8) is 0 Å². The third-order valence-corrected chi connectivity index (χ3v) is 4.97. The molecule has 2 aliphatic rings. The van der Waals surface area contributed by atoms with Crippen LogP contribution in [0.2, 0.25) is 0 Å². The van der Waals surface area contributed by atoms with Crippen molar-refractivity contribution in [2.75, 3.05) is 39.3 Å². The molecule has 2 atom stereocenters. The molecule has 2 fully saturated rings. The molecule has 0 spiro atoms. The van der Waals surface area contributed by atoms with E-state index in [1.165, 1.54) is 19.3 Å². The topological polar surface area (TPSA) is 61.9 Å². The number of nitrogens with one attached hydrogen (secondary N) is 1. The largest absolute Gasteiger partial charge is 0.376 e. The number of piperazine rings is 1. The van der Waals surface area contributed by atoms with E-state index in [1.807, 2.05) is 11.8 Å². The van der Waals surface area contributed by atoms with Crippen molar-refractivity contribution in [2.24, 2.45) is 5.92 Å². The molecule has 1 aliphatic heterocycles. The number of carbonyl (C=O) groups is 2. The Labute approximate surface area is 139 Å². The number of hydrogen-bond acceptors (Lipinski definition) is 3. The molecule has 1 heterocycles. The predicted molar refractivity (Wildman–Crippen MR) is 89.2 cm³/mol. The summed E-state index contributed by atoms with van der Waals surface area (Å²) in [5, 5.41) is 2.92. The number of hydrogen-bond donors (Lipinski definition) is 1. The molecule has 0 radical (unpaired) electrons. The average Bonchev–Trinajstić information content (AvgIpc) is 2.59. The first kappa shape index (κ1) is 18.0. The molecule has 1 aliphatic carbocycles. The Morgan fingerprint density at radius 3 is 2.39 bits per heavy atom. The maximum Gasteiger partial charge on any atom is 0.317 e. The SMILES string of the molecule is CCC(=O)N1CCN(C(=O)NCCO[C@@H]2CCCC[C@H]2C)CC1. The molecule has 23 heavy (non-hydrogen) atoms. The molecule has 0 aromatic carbocycles. The molecule has 3 amide bonds. The Morgan fingerprint density at radius 2 is 1.74 bits per heavy atom. The molecular weight excluding hydrogens is 294 g/mol. The number of ether oxygens (including phenoxy) is 1. The van der Waals surface area contributed by atoms with Gasteiger partial charge in [-0.1, -0.05) is 26.7 Å². The van der Waals surface area contributed by atoms with Gasteiger partial charge in [0.15, 0.2) is 0 Å². The molecule has 2 rings (SSSR count). The molecule has 0 bridgehead atoms. The Hall–Kier alpha value is -1.30. The fourth-order valence-corrected chi connectivity index (χ4v) is 3.39. The molecular formula is C17H31N3O3. The molecule has 1 saturated heterocycles. The average molecular weight is 325 g/mol. The van der Waals surface area contributed by atoms with Crippen molar-refractivity contribution in [3.05, 3.63) is 0 Å². The van der Waals surface area contributed by atoms with Gasteiger partial charge < -0.3 is 19.9 Å². The van der Waals surface area contributed by atoms with E-state index >= 15 is 0 Å². The fourth-order valence-electron chi connectivity index (χ4n) is 3.39. The number of nitrogens with zero attached hydrogens (tertiary/aromatic N) is 2. The van der Waals surface area contributed by atoms with Crippen LogP contribution in [0.3, 0.4) is 0 Å². The number of rotatable bonds is 5. The lowest BCUT2D eigenvalue weighted by Crippen LogP contribution is -2.53. The van der Waals surface area contributed by atoms with Crippen molar-refractivity contribution in [1.82, 2.24) is 15.1 Å². The molecule has 6 nitrogen and oxygen atoms in total. The lowest BCUT2D eigenvalue weighted by molar-refractivity contribution is -0.132. The monoisotopic (exact) mass is 325 g/mol. The fraction of sp³-hybridized carbons (Fsp3) is 0.882. The maximum atomic E-state index is 12.1. The normalized spacial score (nSPS) is 25.3. The quantitative estimate of drug-likeness (QED) is 0.785. The highest BCUT2D eigenvalue weighted by molar-refractivity contribution is 5.77. The third kappa shape index (κ3) is 5.37. The van der Waals surface area contributed by atoms with Gasteiger partial charge in [0.25, 0.3) is 0 Å². The van der Waals surface area contributed by atoms with Crippen molar-refractivity contribution in [1.29, 1.82) is 0 Å². The maximum absolute atomic E-state index is 12.1. The first-order chi connectivity index (χ1) is 11.1. The van der Waals surface area contributed by atoms with Crippen LogP contribution in [0.4, 0.5) is 4.79 Å². The molecule has 6 heteroatoms. The van der Waals surface area contributed by atoms with E-state index in [0.29, 0.717) is 57.8 Å². The summed E-state index contributed by atoms with van der Waals surface area (Å²) >= 11 is 0. The van der Waals surface area contributed by atoms with Gasteiger partial charge in [-0.25, -0.2) is 4.79 Å². The van der Waals surface area contributed by atoms with Crippen LogP contribution < -0.4 is 5.32 Å². The number of urea groups is 1. The predicted octanol–water partition coefficient (Wildman–Crippen LogP) is 1.85. The number of carbonyl (C=O) groups excluding carboxylic acids is 2. The van der Waals surface area contributed by atoms with Crippen LogP contribution in [0.15, 0.2) is 0 Å². The molecule has 1 saturated carbocycles. The van der Waals surface area contributed by atoms with Crippen LogP contribution in [0, 0.1) is 5.92 Å². The summed E-state index contributed by atoms with van der Waals surface area (Å²) in [6.45, 7) is 7.74. The first-order valence-electron chi connectivity index (χ1n) is 9.04. The highest BCUT2D eigenvalue weighted by atomic mass is 16.5. The zero-order chi connectivity index (χ0) is 16.7. The van der Waals surface area contributed by atoms with E-state index in [0.717, 1.165) is 6.42 Å². The zero-order valence-electron chi connectivity index (χ0n) is 14.6. The summed E-state index contributed by atoms with van der Waals surface area (Å²) in [4.78, 5) is 27.3. The van der Waals surface area contributed by atoms with Gasteiger partial charge in [-0.05, 0) is 18.8 Å². The van der Waals surface area contributed by atoms with E-state index in [1.54, 1.807) is 4.90 Å². The van der Waals surface area contributed by atoms with Gasteiger partial charge in [0.05, 0.1) is 12.7 Å². The lowest BCUT2D eigenvalue weighted by Gasteiger charge is -2.34. The smallest absolute Gasteiger partial charge is 0.317 e. The van der Waals surface area contributed by atoms with Gasteiger partial charge in [0.1, 0.15) is 0 Å². The Balaban J connectivity index is 1.59. The van der Waals surface area contributed by atoms with E-state index in [9.17, 15) is 9.59 Å². The minimum absolute atomic E-state index is 0.0473. The summed E-state index contributed by atoms with van der Waals surface area (Å²) < 4.78 is 5.91. The second kappa shape index (κ2) is 9.11. The summed E-state index contributed by atoms with van der Waals surface area (Å²) in [6, 6.07) is -0.0473. The van der Waals surface area contributed by atoms with Crippen molar-refractivity contribution >= 4 is 11.9 Å². The van der Waals surface area contributed by atoms with Gasteiger partial charge in [0, 0.05) is 39.1 Å². The molecule has 132 valence electrons. The van der Waals surface area contributed by atoms with Crippen LogP contribution in [-0.2, 0) is 9.53 Å². The molecule has 0 aromatic rings. The van der Waals surface area contributed by atoms with E-state index in [2.05, 4.69) is 12.2 Å². The molecule has 0 unspecified atom stereocenters. The molecule has 1 N–H and O–H groups in total. The van der Waals surface area contributed by atoms with Crippen LogP contribution >= 0.6 is 0 Å². The summed E-state index contributed by atoms with van der Waals surface area (Å²) in [5.41, 5.74) is 0. The van der Waals surface area contributed by atoms with E-state index in [4.69, 9.17) is 4.74 Å². The van der Waals surface area contributed by atoms with Crippen LogP contribution in [0.1, 0.15) is 46.0 Å². The van der Waals surface area contributed by atoms with E-state index in [-0.39, 0.29) is 11.9 Å². The first-order valence-corrected chi connectivity index (χ1v) is 9.04. The zero-order valence-corrected chi connectivity index (χ0v) is 14.6. The van der Waals surface area contributed by atoms with Crippen molar-refractivity contribution in [3.8, 4) is 0 Å². The lowest BCUT2D eigenvalue weighted by atomic mass is 9.88. The highest BCUT2D eigenvalue weighted by Gasteiger charge is 2.24. The van der Waals surface area contributed by atoms with Gasteiger partial charge in [-0.2, -0.15) is 0 Å². The highest BCUT2D eigenvalue weighted by Crippen LogP contribution is 2.25. The summed E-state index contributed by atoms with van der Waals surface area (Å²) in [6.07, 6.45) is 5.83. The Kier molecular flexibility index (Phi) is 7.15. The molecule has 0 aromatic heterocycles. The third-order valence-electron chi connectivity index (χ3n) is 4.97. The van der Waals surface area contributed by atoms with Crippen LogP contribution in [0.25, 0.3) is 0 Å². The van der Waals surface area contributed by atoms with E-state index < -0.39 is 0 Å². The minimum atomic E-state index is -0.0473. The van der Waals surface area contributed by atoms with Crippen molar-refractivity contribution < 1.29 is 14.3 Å². The second-order valence-corrected chi connectivity index (χ2v) is 6.62. The van der Waals surface area contributed by atoms with Crippen molar-refractivity contribution in [2.45, 2.75) is 52.1 Å². The van der Waals surface area contributed by atoms with Gasteiger partial charge >= 0.3 is 6.03 Å². The Morgan fingerprint density at radius 1 is 1.09 bits per heavy atom. The second-order valence-electron chi connectivity index (χ2n) is 6.62. The van der Waals surface area contributed by atoms with Gasteiger partial charge in [0.2, 0.25) is 5.91 Å². The van der Waals surface area contributed by atoms with Gasteiger partial charge in [-0.15, -0.1) is 0 Å². The van der Waals surface area contributed by atoms with Crippen LogP contribution in [0.5, 0.6) is 0 Å². The number of amides is 3.